The number of hydrogen-bond acceptors (Lipinski definition) is 9. The monoisotopic (exact) mass is 455 g/mol. The van der Waals surface area contributed by atoms with Gasteiger partial charge in [-0.15, -0.1) is 11.3 Å². The summed E-state index contributed by atoms with van der Waals surface area (Å²) >= 11 is 1.27. The summed E-state index contributed by atoms with van der Waals surface area (Å²) in [7, 11) is 1.43. The Labute approximate surface area is 186 Å². The number of hydrazone groups is 1. The van der Waals surface area contributed by atoms with Crippen LogP contribution < -0.4 is 19.6 Å². The van der Waals surface area contributed by atoms with Crippen LogP contribution in [0.15, 0.2) is 65.1 Å². The normalized spacial score (nSPS) is 10.5. The molecule has 164 valence electrons. The van der Waals surface area contributed by atoms with Gasteiger partial charge in [-0.2, -0.15) is 5.10 Å². The van der Waals surface area contributed by atoms with E-state index in [1.54, 1.807) is 41.8 Å². The number of ether oxygens (including phenoxy) is 3. The number of nitrogens with one attached hydrogen (secondary N) is 1. The lowest BCUT2D eigenvalue weighted by molar-refractivity contribution is -0.385. The summed E-state index contributed by atoms with van der Waals surface area (Å²) in [6, 6.07) is 13.9. The molecule has 0 saturated carbocycles. The van der Waals surface area contributed by atoms with Crippen molar-refractivity contribution >= 4 is 35.1 Å². The zero-order chi connectivity index (χ0) is 22.9. The number of nitro benzene ring substituents is 1. The fourth-order valence-electron chi connectivity index (χ4n) is 2.48. The largest absolute Gasteiger partial charge is 0.493 e. The Bertz CT molecular complexity index is 1150. The summed E-state index contributed by atoms with van der Waals surface area (Å²) < 4.78 is 15.8. The van der Waals surface area contributed by atoms with Crippen LogP contribution in [0, 0.1) is 10.1 Å². The van der Waals surface area contributed by atoms with Crippen molar-refractivity contribution in [2.45, 2.75) is 0 Å². The van der Waals surface area contributed by atoms with Gasteiger partial charge in [0.2, 0.25) is 0 Å². The molecule has 1 aromatic heterocycles. The average Bonchev–Trinajstić information content (AvgIpc) is 3.34. The standard InChI is InChI=1S/C21H17N3O7S/c1-29-18-11-14(8-9-17(18)31-21(26)19-7-4-10-32-19)12-22-23-20(25)13-30-16-6-3-2-5-15(16)24(27)28/h2-12H,13H2,1H3,(H,23,25). The van der Waals surface area contributed by atoms with Gasteiger partial charge in [0.1, 0.15) is 4.88 Å². The van der Waals surface area contributed by atoms with E-state index in [1.165, 1.54) is 42.9 Å². The van der Waals surface area contributed by atoms with Crippen molar-refractivity contribution in [2.75, 3.05) is 13.7 Å². The number of esters is 1. The van der Waals surface area contributed by atoms with Gasteiger partial charge in [0.05, 0.1) is 18.2 Å². The van der Waals surface area contributed by atoms with E-state index in [0.717, 1.165) is 0 Å². The van der Waals surface area contributed by atoms with Crippen LogP contribution in [-0.4, -0.2) is 36.7 Å². The Kier molecular flexibility index (Phi) is 7.49. The number of para-hydroxylation sites is 2. The van der Waals surface area contributed by atoms with Crippen molar-refractivity contribution in [3.8, 4) is 17.2 Å². The van der Waals surface area contributed by atoms with E-state index in [1.807, 2.05) is 0 Å². The molecule has 3 rings (SSSR count). The fourth-order valence-corrected chi connectivity index (χ4v) is 3.08. The van der Waals surface area contributed by atoms with Crippen LogP contribution in [-0.2, 0) is 4.79 Å². The van der Waals surface area contributed by atoms with E-state index < -0.39 is 23.4 Å². The second kappa shape index (κ2) is 10.7. The summed E-state index contributed by atoms with van der Waals surface area (Å²) in [5.41, 5.74) is 2.59. The lowest BCUT2D eigenvalue weighted by atomic mass is 10.2. The van der Waals surface area contributed by atoms with Gasteiger partial charge in [-0.25, -0.2) is 10.2 Å². The Morgan fingerprint density at radius 1 is 1.12 bits per heavy atom. The highest BCUT2D eigenvalue weighted by Gasteiger charge is 2.15. The Balaban J connectivity index is 1.56. The Hall–Kier alpha value is -4.25. The summed E-state index contributed by atoms with van der Waals surface area (Å²) in [6.45, 7) is -0.455. The van der Waals surface area contributed by atoms with Crippen molar-refractivity contribution in [1.29, 1.82) is 0 Å². The smallest absolute Gasteiger partial charge is 0.353 e. The number of hydrogen-bond donors (Lipinski definition) is 1. The molecule has 1 amide bonds. The third-order valence-electron chi connectivity index (χ3n) is 3.94. The highest BCUT2D eigenvalue weighted by molar-refractivity contribution is 7.12. The highest BCUT2D eigenvalue weighted by Crippen LogP contribution is 2.29. The number of thiophene rings is 1. The van der Waals surface area contributed by atoms with Gasteiger partial charge in [0.25, 0.3) is 5.91 Å². The topological polar surface area (TPSA) is 129 Å². The third kappa shape index (κ3) is 5.89. The highest BCUT2D eigenvalue weighted by atomic mass is 32.1. The maximum atomic E-state index is 12.1. The molecule has 0 unspecified atom stereocenters. The molecule has 2 aromatic carbocycles. The molecule has 10 nitrogen and oxygen atoms in total. The number of carbonyl (C=O) groups excluding carboxylic acids is 2. The van der Waals surface area contributed by atoms with E-state index in [-0.39, 0.29) is 17.2 Å². The maximum absolute atomic E-state index is 12.1. The molecule has 0 aliphatic rings. The molecule has 1 N–H and O–H groups in total. The minimum atomic E-state index is -0.604. The van der Waals surface area contributed by atoms with E-state index in [9.17, 15) is 19.7 Å². The number of amides is 1. The first-order valence-corrected chi connectivity index (χ1v) is 9.97. The van der Waals surface area contributed by atoms with Crippen molar-refractivity contribution in [2.24, 2.45) is 5.10 Å². The van der Waals surface area contributed by atoms with Gasteiger partial charge in [0, 0.05) is 6.07 Å². The quantitative estimate of drug-likeness (QED) is 0.172. The first kappa shape index (κ1) is 22.4. The molecule has 0 atom stereocenters. The predicted molar refractivity (Wildman–Crippen MR) is 117 cm³/mol. The number of nitrogens with zero attached hydrogens (tertiary/aromatic N) is 2. The molecule has 0 spiro atoms. The van der Waals surface area contributed by atoms with Gasteiger partial charge in [-0.05, 0) is 41.3 Å². The van der Waals surface area contributed by atoms with Crippen LogP contribution in [0.25, 0.3) is 0 Å². The minimum Gasteiger partial charge on any atom is -0.493 e. The molecular weight excluding hydrogens is 438 g/mol. The maximum Gasteiger partial charge on any atom is 0.353 e. The summed E-state index contributed by atoms with van der Waals surface area (Å²) in [5, 5.41) is 16.5. The van der Waals surface area contributed by atoms with Gasteiger partial charge in [-0.3, -0.25) is 14.9 Å². The summed E-state index contributed by atoms with van der Waals surface area (Å²) in [5.74, 6) is -0.567. The predicted octanol–water partition coefficient (Wildman–Crippen LogP) is 3.41. The molecule has 0 bridgehead atoms. The van der Waals surface area contributed by atoms with Crippen LogP contribution in [0.4, 0.5) is 5.69 Å². The van der Waals surface area contributed by atoms with Crippen molar-refractivity contribution in [3.63, 3.8) is 0 Å². The number of benzene rings is 2. The van der Waals surface area contributed by atoms with Gasteiger partial charge in [-0.1, -0.05) is 18.2 Å². The third-order valence-corrected chi connectivity index (χ3v) is 4.79. The van der Waals surface area contributed by atoms with Crippen LogP contribution in [0.3, 0.4) is 0 Å². The second-order valence-electron chi connectivity index (χ2n) is 6.08. The van der Waals surface area contributed by atoms with Crippen molar-refractivity contribution in [3.05, 3.63) is 80.5 Å². The second-order valence-corrected chi connectivity index (χ2v) is 7.03. The van der Waals surface area contributed by atoms with Crippen molar-refractivity contribution < 1.29 is 28.7 Å². The minimum absolute atomic E-state index is 0.0194. The molecular formula is C21H17N3O7S. The molecule has 1 heterocycles. The number of carbonyl (C=O) groups is 2. The molecule has 32 heavy (non-hydrogen) atoms. The first-order chi connectivity index (χ1) is 15.5. The van der Waals surface area contributed by atoms with E-state index in [2.05, 4.69) is 10.5 Å². The molecule has 0 fully saturated rings. The lowest BCUT2D eigenvalue weighted by Crippen LogP contribution is -2.24. The number of methoxy groups -OCH3 is 1. The number of rotatable bonds is 9. The zero-order valence-corrected chi connectivity index (χ0v) is 17.5. The fraction of sp³-hybridized carbons (Fsp3) is 0.0952. The van der Waals surface area contributed by atoms with Crippen molar-refractivity contribution in [1.82, 2.24) is 5.43 Å². The molecule has 0 radical (unpaired) electrons. The van der Waals surface area contributed by atoms with E-state index in [0.29, 0.717) is 16.2 Å². The molecule has 0 aliphatic carbocycles. The van der Waals surface area contributed by atoms with Crippen LogP contribution in [0.1, 0.15) is 15.2 Å². The average molecular weight is 455 g/mol. The van der Waals surface area contributed by atoms with Crippen LogP contribution in [0.2, 0.25) is 0 Å². The van der Waals surface area contributed by atoms with E-state index in [4.69, 9.17) is 14.2 Å². The van der Waals surface area contributed by atoms with Gasteiger partial charge >= 0.3 is 11.7 Å². The summed E-state index contributed by atoms with van der Waals surface area (Å²) in [6.07, 6.45) is 1.36. The zero-order valence-electron chi connectivity index (χ0n) is 16.7. The lowest BCUT2D eigenvalue weighted by Gasteiger charge is -2.09. The molecule has 0 aliphatic heterocycles. The molecule has 0 saturated heterocycles. The van der Waals surface area contributed by atoms with Gasteiger partial charge in [0.15, 0.2) is 23.9 Å². The molecule has 3 aromatic rings. The molecule has 11 heteroatoms. The van der Waals surface area contributed by atoms with Crippen LogP contribution >= 0.6 is 11.3 Å². The van der Waals surface area contributed by atoms with E-state index >= 15 is 0 Å². The van der Waals surface area contributed by atoms with Gasteiger partial charge < -0.3 is 14.2 Å². The number of nitro groups is 1. The van der Waals surface area contributed by atoms with Crippen LogP contribution in [0.5, 0.6) is 17.2 Å². The first-order valence-electron chi connectivity index (χ1n) is 9.10. The Morgan fingerprint density at radius 3 is 2.66 bits per heavy atom. The summed E-state index contributed by atoms with van der Waals surface area (Å²) in [4.78, 5) is 34.8. The Morgan fingerprint density at radius 2 is 1.94 bits per heavy atom. The SMILES string of the molecule is COc1cc(C=NNC(=O)COc2ccccc2[N+](=O)[O-])ccc1OC(=O)c1cccs1.